The number of amides is 1. The Kier molecular flexibility index (Phi) is 6.41. The van der Waals surface area contributed by atoms with Gasteiger partial charge in [0.05, 0.1) is 18.2 Å². The smallest absolute Gasteiger partial charge is 0.222 e. The van der Waals surface area contributed by atoms with Crippen LogP contribution in [0.3, 0.4) is 0 Å². The maximum Gasteiger partial charge on any atom is 0.222 e. The van der Waals surface area contributed by atoms with Gasteiger partial charge in [-0.25, -0.2) is 4.98 Å². The van der Waals surface area contributed by atoms with E-state index >= 15 is 0 Å². The Morgan fingerprint density at radius 1 is 1.57 bits per heavy atom. The molecule has 1 fully saturated rings. The molecule has 118 valence electrons. The Balaban J connectivity index is 1.69. The number of carbonyl (C=O) groups is 1. The fourth-order valence-corrected chi connectivity index (χ4v) is 3.25. The molecule has 1 aromatic rings. The number of aromatic nitrogens is 1. The summed E-state index contributed by atoms with van der Waals surface area (Å²) >= 11 is 1.69. The van der Waals surface area contributed by atoms with Gasteiger partial charge in [0.15, 0.2) is 5.13 Å². The first-order chi connectivity index (χ1) is 10.2. The van der Waals surface area contributed by atoms with Crippen LogP contribution in [-0.2, 0) is 16.0 Å². The van der Waals surface area contributed by atoms with Crippen LogP contribution in [0.4, 0.5) is 5.13 Å². The Morgan fingerprint density at radius 2 is 2.33 bits per heavy atom. The summed E-state index contributed by atoms with van der Waals surface area (Å²) in [5, 5.41) is 6.07. The third kappa shape index (κ3) is 4.94. The molecule has 1 aliphatic heterocycles. The van der Waals surface area contributed by atoms with E-state index in [0.29, 0.717) is 19.5 Å². The molecule has 0 radical (unpaired) electrons. The highest BCUT2D eigenvalue weighted by Crippen LogP contribution is 2.24. The molecule has 1 atom stereocenters. The SMILES string of the molecule is COC(CN)CC(=O)NCCc1csc(N2CCCC2)n1. The summed E-state index contributed by atoms with van der Waals surface area (Å²) in [5.74, 6) is -0.0257. The van der Waals surface area contributed by atoms with Gasteiger partial charge in [-0.05, 0) is 12.8 Å². The van der Waals surface area contributed by atoms with Gasteiger partial charge in [-0.2, -0.15) is 0 Å². The molecule has 1 saturated heterocycles. The maximum absolute atomic E-state index is 11.7. The van der Waals surface area contributed by atoms with Gasteiger partial charge in [0.25, 0.3) is 0 Å². The second-order valence-corrected chi connectivity index (χ2v) is 6.05. The number of ether oxygens (including phenoxy) is 1. The summed E-state index contributed by atoms with van der Waals surface area (Å²) in [5.41, 5.74) is 6.54. The molecule has 0 saturated carbocycles. The number of methoxy groups -OCH3 is 1. The predicted octanol–water partition coefficient (Wildman–Crippen LogP) is 0.766. The third-order valence-corrected chi connectivity index (χ3v) is 4.58. The molecule has 2 heterocycles. The number of nitrogens with zero attached hydrogens (tertiary/aromatic N) is 2. The van der Waals surface area contributed by atoms with Crippen LogP contribution < -0.4 is 16.0 Å². The second kappa shape index (κ2) is 8.31. The Bertz CT molecular complexity index is 442. The predicted molar refractivity (Wildman–Crippen MR) is 84.7 cm³/mol. The minimum Gasteiger partial charge on any atom is -0.380 e. The molecule has 1 aromatic heterocycles. The monoisotopic (exact) mass is 312 g/mol. The molecular weight excluding hydrogens is 288 g/mol. The van der Waals surface area contributed by atoms with Gasteiger partial charge < -0.3 is 20.7 Å². The van der Waals surface area contributed by atoms with Crippen LogP contribution in [0.2, 0.25) is 0 Å². The van der Waals surface area contributed by atoms with Crippen molar-refractivity contribution in [2.24, 2.45) is 5.73 Å². The van der Waals surface area contributed by atoms with Gasteiger partial charge in [0.1, 0.15) is 0 Å². The highest BCUT2D eigenvalue weighted by Gasteiger charge is 2.15. The van der Waals surface area contributed by atoms with Crippen LogP contribution in [0.5, 0.6) is 0 Å². The quantitative estimate of drug-likeness (QED) is 0.741. The zero-order chi connectivity index (χ0) is 15.1. The molecule has 6 nitrogen and oxygen atoms in total. The minimum absolute atomic E-state index is 0.0257. The summed E-state index contributed by atoms with van der Waals surface area (Å²) in [6, 6.07) is 0. The van der Waals surface area contributed by atoms with Crippen LogP contribution in [0, 0.1) is 0 Å². The first-order valence-corrected chi connectivity index (χ1v) is 8.29. The molecule has 7 heteroatoms. The standard InChI is InChI=1S/C14H24N4O2S/c1-20-12(9-15)8-13(19)16-5-4-11-10-21-14(17-11)18-6-2-3-7-18/h10,12H,2-9,15H2,1H3,(H,16,19). The Labute approximate surface area is 129 Å². The van der Waals surface area contributed by atoms with Crippen molar-refractivity contribution in [1.82, 2.24) is 10.3 Å². The molecule has 2 rings (SSSR count). The topological polar surface area (TPSA) is 80.5 Å². The van der Waals surface area contributed by atoms with E-state index in [1.54, 1.807) is 18.4 Å². The molecule has 3 N–H and O–H groups in total. The first-order valence-electron chi connectivity index (χ1n) is 7.42. The van der Waals surface area contributed by atoms with Crippen LogP contribution in [-0.4, -0.2) is 50.3 Å². The fraction of sp³-hybridized carbons (Fsp3) is 0.714. The van der Waals surface area contributed by atoms with Crippen molar-refractivity contribution in [2.75, 3.05) is 38.2 Å². The zero-order valence-electron chi connectivity index (χ0n) is 12.5. The number of nitrogens with one attached hydrogen (secondary N) is 1. The molecule has 1 aliphatic rings. The van der Waals surface area contributed by atoms with Crippen LogP contribution >= 0.6 is 11.3 Å². The molecule has 1 amide bonds. The molecule has 0 aromatic carbocycles. The average molecular weight is 312 g/mol. The van der Waals surface area contributed by atoms with Crippen molar-refractivity contribution in [3.8, 4) is 0 Å². The van der Waals surface area contributed by atoms with E-state index in [9.17, 15) is 4.79 Å². The van der Waals surface area contributed by atoms with E-state index in [1.807, 2.05) is 0 Å². The van der Waals surface area contributed by atoms with Crippen molar-refractivity contribution < 1.29 is 9.53 Å². The summed E-state index contributed by atoms with van der Waals surface area (Å²) in [7, 11) is 1.57. The lowest BCUT2D eigenvalue weighted by Gasteiger charge is -2.12. The molecule has 21 heavy (non-hydrogen) atoms. The maximum atomic E-state index is 11.7. The number of anilines is 1. The minimum atomic E-state index is -0.203. The lowest BCUT2D eigenvalue weighted by atomic mass is 10.2. The number of nitrogens with two attached hydrogens (primary N) is 1. The van der Waals surface area contributed by atoms with Crippen molar-refractivity contribution in [1.29, 1.82) is 0 Å². The van der Waals surface area contributed by atoms with Crippen LogP contribution in [0.25, 0.3) is 0 Å². The van der Waals surface area contributed by atoms with E-state index in [0.717, 1.165) is 30.3 Å². The Hall–Kier alpha value is -1.18. The highest BCUT2D eigenvalue weighted by atomic mass is 32.1. The van der Waals surface area contributed by atoms with Gasteiger partial charge in [-0.3, -0.25) is 4.79 Å². The molecular formula is C14H24N4O2S. The first kappa shape index (κ1) is 16.2. The molecule has 0 bridgehead atoms. The van der Waals surface area contributed by atoms with E-state index in [1.165, 1.54) is 12.8 Å². The van der Waals surface area contributed by atoms with Crippen molar-refractivity contribution in [2.45, 2.75) is 31.8 Å². The van der Waals surface area contributed by atoms with E-state index in [4.69, 9.17) is 10.5 Å². The van der Waals surface area contributed by atoms with Gasteiger partial charge in [0.2, 0.25) is 5.91 Å². The summed E-state index contributed by atoms with van der Waals surface area (Å²) in [4.78, 5) is 18.7. The summed E-state index contributed by atoms with van der Waals surface area (Å²) in [6.45, 7) is 3.18. The summed E-state index contributed by atoms with van der Waals surface area (Å²) in [6.07, 6.45) is 3.38. The number of rotatable bonds is 8. The normalized spacial score (nSPS) is 16.2. The van der Waals surface area contributed by atoms with Crippen LogP contribution in [0.15, 0.2) is 5.38 Å². The fourth-order valence-electron chi connectivity index (χ4n) is 2.34. The van der Waals surface area contributed by atoms with E-state index < -0.39 is 0 Å². The largest absolute Gasteiger partial charge is 0.380 e. The molecule has 1 unspecified atom stereocenters. The summed E-state index contributed by atoms with van der Waals surface area (Å²) < 4.78 is 5.09. The van der Waals surface area contributed by atoms with Crippen molar-refractivity contribution in [3.05, 3.63) is 11.1 Å². The number of carbonyl (C=O) groups excluding carboxylic acids is 1. The van der Waals surface area contributed by atoms with E-state index in [-0.39, 0.29) is 12.0 Å². The number of hydrogen-bond donors (Lipinski definition) is 2. The lowest BCUT2D eigenvalue weighted by Crippen LogP contribution is -2.33. The second-order valence-electron chi connectivity index (χ2n) is 5.21. The van der Waals surface area contributed by atoms with Crippen LogP contribution in [0.1, 0.15) is 25.0 Å². The zero-order valence-corrected chi connectivity index (χ0v) is 13.3. The van der Waals surface area contributed by atoms with Gasteiger partial charge in [-0.15, -0.1) is 11.3 Å². The van der Waals surface area contributed by atoms with Gasteiger partial charge in [-0.1, -0.05) is 0 Å². The van der Waals surface area contributed by atoms with Crippen molar-refractivity contribution >= 4 is 22.4 Å². The number of hydrogen-bond acceptors (Lipinski definition) is 6. The third-order valence-electron chi connectivity index (χ3n) is 3.63. The Morgan fingerprint density at radius 3 is 3.00 bits per heavy atom. The van der Waals surface area contributed by atoms with Gasteiger partial charge in [0, 0.05) is 45.1 Å². The van der Waals surface area contributed by atoms with E-state index in [2.05, 4.69) is 20.6 Å². The highest BCUT2D eigenvalue weighted by molar-refractivity contribution is 7.13. The number of thiazole rings is 1. The molecule has 0 spiro atoms. The van der Waals surface area contributed by atoms with Crippen molar-refractivity contribution in [3.63, 3.8) is 0 Å². The van der Waals surface area contributed by atoms with Gasteiger partial charge >= 0.3 is 0 Å². The lowest BCUT2D eigenvalue weighted by molar-refractivity contribution is -0.123. The average Bonchev–Trinajstić information content (AvgIpc) is 3.15. The molecule has 0 aliphatic carbocycles.